The molecule has 0 saturated heterocycles. The molecule has 0 aliphatic carbocycles. The first-order valence-electron chi connectivity index (χ1n) is 8.64. The number of carbonyl (C=O) groups excluding carboxylic acids is 1. The van der Waals surface area contributed by atoms with Crippen LogP contribution in [0.5, 0.6) is 0 Å². The Hall–Kier alpha value is -3.07. The molecule has 7 heteroatoms. The molecule has 1 N–H and O–H groups in total. The molecule has 1 heterocycles. The zero-order valence-corrected chi connectivity index (χ0v) is 17.1. The molecule has 0 saturated carbocycles. The Bertz CT molecular complexity index is 1180. The van der Waals surface area contributed by atoms with Crippen LogP contribution in [0.3, 0.4) is 0 Å². The fourth-order valence-electron chi connectivity index (χ4n) is 3.01. The first-order chi connectivity index (χ1) is 13.8. The zero-order chi connectivity index (χ0) is 21.1. The van der Waals surface area contributed by atoms with Crippen molar-refractivity contribution in [3.63, 3.8) is 0 Å². The van der Waals surface area contributed by atoms with Crippen LogP contribution in [0.1, 0.15) is 17.0 Å². The number of para-hydroxylation sites is 1. The third-order valence-electron chi connectivity index (χ3n) is 4.42. The van der Waals surface area contributed by atoms with Gasteiger partial charge >= 0.3 is 0 Å². The van der Waals surface area contributed by atoms with Gasteiger partial charge < -0.3 is 9.88 Å². The maximum Gasteiger partial charge on any atom is 0.266 e. The highest BCUT2D eigenvalue weighted by molar-refractivity contribution is 6.42. The van der Waals surface area contributed by atoms with E-state index in [0.29, 0.717) is 15.6 Å². The first-order valence-corrected chi connectivity index (χ1v) is 9.39. The number of hydrogen-bond donors (Lipinski definition) is 1. The number of benzene rings is 2. The van der Waals surface area contributed by atoms with E-state index in [4.69, 9.17) is 23.2 Å². The summed E-state index contributed by atoms with van der Waals surface area (Å²) in [7, 11) is 0. The number of nitriles is 1. The molecule has 3 aromatic rings. The molecule has 0 atom stereocenters. The summed E-state index contributed by atoms with van der Waals surface area (Å²) in [5.41, 5.74) is 3.08. The van der Waals surface area contributed by atoms with Gasteiger partial charge in [-0.15, -0.1) is 0 Å². The molecule has 1 amide bonds. The largest absolute Gasteiger partial charge is 0.319 e. The zero-order valence-electron chi connectivity index (χ0n) is 15.6. The van der Waals surface area contributed by atoms with Crippen LogP contribution >= 0.6 is 23.2 Å². The fourth-order valence-corrected chi connectivity index (χ4v) is 3.30. The predicted octanol–water partition coefficient (Wildman–Crippen LogP) is 6.09. The van der Waals surface area contributed by atoms with Gasteiger partial charge in [0, 0.05) is 17.1 Å². The molecule has 0 bridgehead atoms. The molecule has 0 unspecified atom stereocenters. The minimum absolute atomic E-state index is 0.0138. The summed E-state index contributed by atoms with van der Waals surface area (Å²) < 4.78 is 15.7. The average Bonchev–Trinajstić information content (AvgIpc) is 2.97. The van der Waals surface area contributed by atoms with Gasteiger partial charge in [-0.25, -0.2) is 4.39 Å². The van der Waals surface area contributed by atoms with E-state index >= 15 is 0 Å². The molecule has 1 aromatic heterocycles. The summed E-state index contributed by atoms with van der Waals surface area (Å²) in [4.78, 5) is 12.4. The summed E-state index contributed by atoms with van der Waals surface area (Å²) in [5, 5.41) is 12.7. The van der Waals surface area contributed by atoms with Gasteiger partial charge in [-0.3, -0.25) is 4.79 Å². The van der Waals surface area contributed by atoms with E-state index in [1.165, 1.54) is 24.3 Å². The van der Waals surface area contributed by atoms with Crippen molar-refractivity contribution in [1.82, 2.24) is 4.57 Å². The summed E-state index contributed by atoms with van der Waals surface area (Å²) >= 11 is 12.1. The van der Waals surface area contributed by atoms with Crippen molar-refractivity contribution < 1.29 is 9.18 Å². The molecular weight excluding hydrogens is 412 g/mol. The Morgan fingerprint density at radius 3 is 2.52 bits per heavy atom. The number of hydrogen-bond acceptors (Lipinski definition) is 2. The molecule has 2 aromatic carbocycles. The number of aryl methyl sites for hydroxylation is 1. The van der Waals surface area contributed by atoms with Crippen LogP contribution in [-0.2, 0) is 4.79 Å². The normalized spacial score (nSPS) is 11.2. The van der Waals surface area contributed by atoms with Crippen LogP contribution in [0.15, 0.2) is 54.1 Å². The average molecular weight is 428 g/mol. The maximum atomic E-state index is 13.8. The van der Waals surface area contributed by atoms with Crippen LogP contribution < -0.4 is 5.32 Å². The summed E-state index contributed by atoms with van der Waals surface area (Å²) in [6.07, 6.45) is 1.48. The van der Waals surface area contributed by atoms with Gasteiger partial charge in [0.2, 0.25) is 0 Å². The van der Waals surface area contributed by atoms with E-state index < -0.39 is 11.7 Å². The van der Waals surface area contributed by atoms with Crippen LogP contribution in [0.25, 0.3) is 11.8 Å². The van der Waals surface area contributed by atoms with Gasteiger partial charge in [0.25, 0.3) is 5.91 Å². The minimum Gasteiger partial charge on any atom is -0.319 e. The van der Waals surface area contributed by atoms with Crippen molar-refractivity contribution in [2.24, 2.45) is 0 Å². The van der Waals surface area contributed by atoms with Crippen molar-refractivity contribution in [1.29, 1.82) is 5.26 Å². The lowest BCUT2D eigenvalue weighted by Gasteiger charge is -2.10. The quantitative estimate of drug-likeness (QED) is 0.404. The van der Waals surface area contributed by atoms with Gasteiger partial charge in [0.05, 0.1) is 15.7 Å². The second-order valence-electron chi connectivity index (χ2n) is 6.36. The van der Waals surface area contributed by atoms with E-state index in [0.717, 1.165) is 17.1 Å². The Kier molecular flexibility index (Phi) is 6.07. The number of nitrogens with one attached hydrogen (secondary N) is 1. The Morgan fingerprint density at radius 2 is 1.86 bits per heavy atom. The molecule has 0 aliphatic heterocycles. The highest BCUT2D eigenvalue weighted by Gasteiger charge is 2.15. The third-order valence-corrected chi connectivity index (χ3v) is 5.16. The summed E-state index contributed by atoms with van der Waals surface area (Å²) in [6, 6.07) is 14.8. The minimum atomic E-state index is -0.683. The molecule has 0 spiro atoms. The SMILES string of the molecule is Cc1cc(/C=C(\C#N)C(=O)Nc2ccccc2F)c(C)n1-c1ccc(Cl)c(Cl)c1. The Balaban J connectivity index is 1.96. The molecule has 3 rings (SSSR count). The molecule has 4 nitrogen and oxygen atoms in total. The van der Waals surface area contributed by atoms with E-state index in [9.17, 15) is 14.4 Å². The number of rotatable bonds is 4. The number of amides is 1. The van der Waals surface area contributed by atoms with Crippen molar-refractivity contribution in [2.45, 2.75) is 13.8 Å². The van der Waals surface area contributed by atoms with Crippen molar-refractivity contribution in [3.05, 3.63) is 86.9 Å². The maximum absolute atomic E-state index is 13.8. The van der Waals surface area contributed by atoms with Gasteiger partial charge in [-0.1, -0.05) is 35.3 Å². The summed E-state index contributed by atoms with van der Waals surface area (Å²) in [5.74, 6) is -1.26. The molecule has 0 fully saturated rings. The van der Waals surface area contributed by atoms with E-state index in [1.807, 2.05) is 36.6 Å². The smallest absolute Gasteiger partial charge is 0.266 e. The third kappa shape index (κ3) is 4.34. The highest BCUT2D eigenvalue weighted by atomic mass is 35.5. The molecular formula is C22H16Cl2FN3O. The second-order valence-corrected chi connectivity index (χ2v) is 7.18. The molecule has 0 radical (unpaired) electrons. The molecule has 0 aliphatic rings. The van der Waals surface area contributed by atoms with Gasteiger partial charge in [-0.05, 0) is 61.9 Å². The lowest BCUT2D eigenvalue weighted by atomic mass is 10.1. The summed E-state index contributed by atoms with van der Waals surface area (Å²) in [6.45, 7) is 3.77. The number of aromatic nitrogens is 1. The number of nitrogens with zero attached hydrogens (tertiary/aromatic N) is 2. The Morgan fingerprint density at radius 1 is 1.14 bits per heavy atom. The first kappa shape index (κ1) is 20.7. The fraction of sp³-hybridized carbons (Fsp3) is 0.0909. The molecule has 146 valence electrons. The van der Waals surface area contributed by atoms with Crippen LogP contribution in [0.2, 0.25) is 10.0 Å². The second kappa shape index (κ2) is 8.52. The number of halogens is 3. The number of carbonyl (C=O) groups is 1. The van der Waals surface area contributed by atoms with Gasteiger partial charge in [0.15, 0.2) is 0 Å². The lowest BCUT2D eigenvalue weighted by Crippen LogP contribution is -2.14. The van der Waals surface area contributed by atoms with Crippen molar-refractivity contribution in [2.75, 3.05) is 5.32 Å². The topological polar surface area (TPSA) is 57.8 Å². The van der Waals surface area contributed by atoms with Gasteiger partial charge in [-0.2, -0.15) is 5.26 Å². The van der Waals surface area contributed by atoms with Crippen LogP contribution in [0, 0.1) is 31.0 Å². The highest BCUT2D eigenvalue weighted by Crippen LogP contribution is 2.28. The van der Waals surface area contributed by atoms with Gasteiger partial charge in [0.1, 0.15) is 17.5 Å². The monoisotopic (exact) mass is 427 g/mol. The lowest BCUT2D eigenvalue weighted by molar-refractivity contribution is -0.112. The standard InChI is InChI=1S/C22H16Cl2FN3O/c1-13-9-15(14(2)28(13)17-7-8-18(23)19(24)11-17)10-16(12-26)22(29)27-21-6-4-3-5-20(21)25/h3-11H,1-2H3,(H,27,29)/b16-10+. The van der Waals surface area contributed by atoms with E-state index in [-0.39, 0.29) is 11.3 Å². The van der Waals surface area contributed by atoms with Crippen molar-refractivity contribution in [3.8, 4) is 11.8 Å². The van der Waals surface area contributed by atoms with Crippen LogP contribution in [0.4, 0.5) is 10.1 Å². The van der Waals surface area contributed by atoms with E-state index in [1.54, 1.807) is 18.2 Å². The molecule has 29 heavy (non-hydrogen) atoms. The Labute approximate surface area is 177 Å². The van der Waals surface area contributed by atoms with E-state index in [2.05, 4.69) is 5.32 Å². The van der Waals surface area contributed by atoms with Crippen LogP contribution in [-0.4, -0.2) is 10.5 Å². The van der Waals surface area contributed by atoms with Crippen molar-refractivity contribution >= 4 is 40.9 Å². The number of anilines is 1. The predicted molar refractivity (Wildman–Crippen MR) is 114 cm³/mol.